The van der Waals surface area contributed by atoms with Gasteiger partial charge in [0.15, 0.2) is 0 Å². The maximum atomic E-state index is 12.2. The molecule has 94 valence electrons. The van der Waals surface area contributed by atoms with Crippen molar-refractivity contribution < 1.29 is 8.42 Å². The first kappa shape index (κ1) is 12.9. The van der Waals surface area contributed by atoms with Crippen LogP contribution in [0.25, 0.3) is 0 Å². The molecule has 6 heteroatoms. The minimum atomic E-state index is -3.43. The topological polar surface area (TPSA) is 72.2 Å². The predicted octanol–water partition coefficient (Wildman–Crippen LogP) is 0.929. The molecule has 4 nitrogen and oxygen atoms in total. The molecule has 0 saturated carbocycles. The number of rotatable bonds is 4. The maximum Gasteiger partial charge on any atom is 0.241 e. The average molecular weight is 272 g/mol. The Morgan fingerprint density at radius 3 is 2.82 bits per heavy atom. The van der Waals surface area contributed by atoms with Crippen molar-refractivity contribution in [3.8, 4) is 0 Å². The van der Waals surface area contributed by atoms with E-state index in [0.29, 0.717) is 10.5 Å². The van der Waals surface area contributed by atoms with E-state index >= 15 is 0 Å². The van der Waals surface area contributed by atoms with Crippen molar-refractivity contribution in [2.75, 3.05) is 11.5 Å². The first-order chi connectivity index (χ1) is 8.13. The normalized spacial score (nSPS) is 20.6. The zero-order valence-corrected chi connectivity index (χ0v) is 11.1. The largest absolute Gasteiger partial charge is 0.326 e. The van der Waals surface area contributed by atoms with Crippen molar-refractivity contribution in [2.24, 2.45) is 5.73 Å². The number of hydrogen-bond acceptors (Lipinski definition) is 4. The van der Waals surface area contributed by atoms with Crippen molar-refractivity contribution >= 4 is 21.8 Å². The van der Waals surface area contributed by atoms with E-state index in [4.69, 9.17) is 5.73 Å². The van der Waals surface area contributed by atoms with E-state index in [1.54, 1.807) is 36.0 Å². The average Bonchev–Trinajstić information content (AvgIpc) is 2.81. The Bertz CT molecular complexity index is 482. The van der Waals surface area contributed by atoms with Gasteiger partial charge in [-0.25, -0.2) is 13.1 Å². The molecule has 0 bridgehead atoms. The lowest BCUT2D eigenvalue weighted by atomic mass is 10.2. The van der Waals surface area contributed by atoms with E-state index < -0.39 is 10.0 Å². The van der Waals surface area contributed by atoms with Crippen molar-refractivity contribution in [1.29, 1.82) is 0 Å². The lowest BCUT2D eigenvalue weighted by molar-refractivity contribution is 0.562. The third-order valence-corrected chi connectivity index (χ3v) is 5.52. The summed E-state index contributed by atoms with van der Waals surface area (Å²) in [5, 5.41) is 0. The molecule has 0 aromatic heterocycles. The highest BCUT2D eigenvalue weighted by Crippen LogP contribution is 2.21. The van der Waals surface area contributed by atoms with Crippen molar-refractivity contribution in [3.63, 3.8) is 0 Å². The second-order valence-electron chi connectivity index (χ2n) is 3.99. The minimum absolute atomic E-state index is 0.0517. The number of hydrogen-bond donors (Lipinski definition) is 2. The van der Waals surface area contributed by atoms with Crippen molar-refractivity contribution in [2.45, 2.75) is 23.9 Å². The summed E-state index contributed by atoms with van der Waals surface area (Å²) in [5.74, 6) is 1.87. The highest BCUT2D eigenvalue weighted by atomic mass is 32.2. The van der Waals surface area contributed by atoms with Crippen LogP contribution in [0.3, 0.4) is 0 Å². The standard InChI is InChI=1S/C11H16N2O2S2/c12-7-9-3-1-2-4-11(9)17(14,15)13-10-5-6-16-8-10/h1-4,10,13H,5-8,12H2. The van der Waals surface area contributed by atoms with E-state index in [1.807, 2.05) is 0 Å². The van der Waals surface area contributed by atoms with E-state index in [9.17, 15) is 8.42 Å². The van der Waals surface area contributed by atoms with Crippen LogP contribution in [-0.4, -0.2) is 26.0 Å². The van der Waals surface area contributed by atoms with Gasteiger partial charge in [0.05, 0.1) is 4.90 Å². The molecule has 2 rings (SSSR count). The fraction of sp³-hybridized carbons (Fsp3) is 0.455. The number of benzene rings is 1. The summed E-state index contributed by atoms with van der Waals surface area (Å²) in [7, 11) is -3.43. The monoisotopic (exact) mass is 272 g/mol. The minimum Gasteiger partial charge on any atom is -0.326 e. The Morgan fingerprint density at radius 2 is 2.18 bits per heavy atom. The molecule has 1 saturated heterocycles. The summed E-state index contributed by atoms with van der Waals surface area (Å²) in [6.45, 7) is 0.233. The van der Waals surface area contributed by atoms with Gasteiger partial charge in [0, 0.05) is 18.3 Å². The molecule has 0 spiro atoms. The van der Waals surface area contributed by atoms with Gasteiger partial charge < -0.3 is 5.73 Å². The lowest BCUT2D eigenvalue weighted by Crippen LogP contribution is -2.35. The fourth-order valence-electron chi connectivity index (χ4n) is 1.84. The second-order valence-corrected chi connectivity index (χ2v) is 6.83. The van der Waals surface area contributed by atoms with Crippen LogP contribution in [-0.2, 0) is 16.6 Å². The molecule has 1 aromatic rings. The fourth-order valence-corrected chi connectivity index (χ4v) is 4.62. The molecular weight excluding hydrogens is 256 g/mol. The van der Waals surface area contributed by atoms with Crippen LogP contribution in [0.1, 0.15) is 12.0 Å². The number of thioether (sulfide) groups is 1. The van der Waals surface area contributed by atoms with Gasteiger partial charge in [0.25, 0.3) is 0 Å². The van der Waals surface area contributed by atoms with Gasteiger partial charge >= 0.3 is 0 Å². The molecule has 0 amide bonds. The molecule has 1 aromatic carbocycles. The highest BCUT2D eigenvalue weighted by molar-refractivity contribution is 7.99. The zero-order chi connectivity index (χ0) is 12.3. The van der Waals surface area contributed by atoms with Crippen LogP contribution in [0.15, 0.2) is 29.2 Å². The third kappa shape index (κ3) is 3.01. The van der Waals surface area contributed by atoms with Gasteiger partial charge in [-0.1, -0.05) is 18.2 Å². The maximum absolute atomic E-state index is 12.2. The Balaban J connectivity index is 2.24. The summed E-state index contributed by atoms with van der Waals surface area (Å²) in [6, 6.07) is 6.92. The van der Waals surface area contributed by atoms with Crippen molar-refractivity contribution in [3.05, 3.63) is 29.8 Å². The van der Waals surface area contributed by atoms with Gasteiger partial charge in [0.2, 0.25) is 10.0 Å². The summed E-state index contributed by atoms with van der Waals surface area (Å²) >= 11 is 1.78. The number of nitrogens with two attached hydrogens (primary N) is 1. The molecule has 3 N–H and O–H groups in total. The Kier molecular flexibility index (Phi) is 4.09. The molecule has 0 radical (unpaired) electrons. The van der Waals surface area contributed by atoms with Gasteiger partial charge in [0.1, 0.15) is 0 Å². The number of nitrogens with one attached hydrogen (secondary N) is 1. The molecule has 1 aliphatic heterocycles. The summed E-state index contributed by atoms with van der Waals surface area (Å²) in [4.78, 5) is 0.305. The summed E-state index contributed by atoms with van der Waals surface area (Å²) in [6.07, 6.45) is 0.898. The quantitative estimate of drug-likeness (QED) is 0.855. The summed E-state index contributed by atoms with van der Waals surface area (Å²) < 4.78 is 27.1. The molecule has 1 fully saturated rings. The molecule has 1 atom stereocenters. The molecule has 1 heterocycles. The van der Waals surface area contributed by atoms with Crippen LogP contribution >= 0.6 is 11.8 Å². The van der Waals surface area contributed by atoms with Crippen molar-refractivity contribution in [1.82, 2.24) is 4.72 Å². The van der Waals surface area contributed by atoms with Gasteiger partial charge in [-0.3, -0.25) is 0 Å². The van der Waals surface area contributed by atoms with Gasteiger partial charge in [-0.05, 0) is 23.8 Å². The van der Waals surface area contributed by atoms with E-state index in [0.717, 1.165) is 17.9 Å². The van der Waals surface area contributed by atoms with Crippen LogP contribution in [0.5, 0.6) is 0 Å². The Hall–Kier alpha value is -0.560. The first-order valence-corrected chi connectivity index (χ1v) is 8.15. The van der Waals surface area contributed by atoms with Crippen LogP contribution in [0.4, 0.5) is 0 Å². The van der Waals surface area contributed by atoms with E-state index in [1.165, 1.54) is 0 Å². The smallest absolute Gasteiger partial charge is 0.241 e. The SMILES string of the molecule is NCc1ccccc1S(=O)(=O)NC1CCSC1. The molecular formula is C11H16N2O2S2. The lowest BCUT2D eigenvalue weighted by Gasteiger charge is -2.14. The van der Waals surface area contributed by atoms with Crippen LogP contribution in [0, 0.1) is 0 Å². The molecule has 17 heavy (non-hydrogen) atoms. The summed E-state index contributed by atoms with van der Waals surface area (Å²) in [5.41, 5.74) is 6.22. The van der Waals surface area contributed by atoms with Crippen LogP contribution in [0.2, 0.25) is 0 Å². The van der Waals surface area contributed by atoms with Gasteiger partial charge in [-0.2, -0.15) is 11.8 Å². The molecule has 0 aliphatic carbocycles. The predicted molar refractivity (Wildman–Crippen MR) is 70.4 cm³/mol. The van der Waals surface area contributed by atoms with Gasteiger partial charge in [-0.15, -0.1) is 0 Å². The molecule has 1 unspecified atom stereocenters. The molecule has 1 aliphatic rings. The second kappa shape index (κ2) is 5.39. The van der Waals surface area contributed by atoms with E-state index in [2.05, 4.69) is 4.72 Å². The first-order valence-electron chi connectivity index (χ1n) is 5.51. The Labute approximate surface area is 106 Å². The number of sulfonamides is 1. The third-order valence-electron chi connectivity index (χ3n) is 2.73. The van der Waals surface area contributed by atoms with E-state index in [-0.39, 0.29) is 12.6 Å². The van der Waals surface area contributed by atoms with Crippen LogP contribution < -0.4 is 10.5 Å². The zero-order valence-electron chi connectivity index (χ0n) is 9.43. The highest BCUT2D eigenvalue weighted by Gasteiger charge is 2.24. The Morgan fingerprint density at radius 1 is 1.41 bits per heavy atom.